The van der Waals surface area contributed by atoms with Gasteiger partial charge in [0.1, 0.15) is 0 Å². The van der Waals surface area contributed by atoms with Crippen molar-refractivity contribution in [2.24, 2.45) is 5.10 Å². The van der Waals surface area contributed by atoms with E-state index in [-0.39, 0.29) is 5.69 Å². The molecule has 0 spiro atoms. The van der Waals surface area contributed by atoms with E-state index in [1.165, 1.54) is 12.3 Å². The molecule has 0 saturated heterocycles. The van der Waals surface area contributed by atoms with Crippen LogP contribution in [0.1, 0.15) is 17.0 Å². The lowest BCUT2D eigenvalue weighted by Crippen LogP contribution is -2.00. The summed E-state index contributed by atoms with van der Waals surface area (Å²) in [6, 6.07) is 20.8. The van der Waals surface area contributed by atoms with E-state index in [0.29, 0.717) is 22.6 Å². The molecule has 1 aromatic heterocycles. The number of nitrogens with zero attached hydrogens (tertiary/aromatic N) is 4. The van der Waals surface area contributed by atoms with Gasteiger partial charge in [-0.25, -0.2) is 0 Å². The van der Waals surface area contributed by atoms with Crippen LogP contribution >= 0.6 is 12.2 Å². The highest BCUT2D eigenvalue weighted by atomic mass is 32.1. The highest BCUT2D eigenvalue weighted by Crippen LogP contribution is 2.21. The van der Waals surface area contributed by atoms with Gasteiger partial charge in [0.05, 0.1) is 10.5 Å². The Labute approximate surface area is 177 Å². The maximum Gasteiger partial charge on any atom is 0.276 e. The standard InChI is InChI=1S/C22H17N5O2S/c28-27(29)20-13-4-2-8-17(20)11-6-14-23-26-21(24-25-22(26)30)15-18-10-5-9-16-7-1-3-12-19(16)18/h1-14H,15H2,(H,25,30)/b11-6+,23-14-. The third kappa shape index (κ3) is 4.08. The quantitative estimate of drug-likeness (QED) is 0.204. The fourth-order valence-electron chi connectivity index (χ4n) is 3.22. The summed E-state index contributed by atoms with van der Waals surface area (Å²) in [5.41, 5.74) is 1.66. The lowest BCUT2D eigenvalue weighted by atomic mass is 10.0. The summed E-state index contributed by atoms with van der Waals surface area (Å²) in [7, 11) is 0. The SMILES string of the molecule is O=[N+]([O-])c1ccccc1/C=C/C=N\n1c(Cc2cccc3ccccc23)n[nH]c1=S. The van der Waals surface area contributed by atoms with Crippen LogP contribution in [0.5, 0.6) is 0 Å². The second kappa shape index (κ2) is 8.62. The van der Waals surface area contributed by atoms with Gasteiger partial charge in [0.25, 0.3) is 5.69 Å². The first kappa shape index (κ1) is 19.4. The molecule has 1 N–H and O–H groups in total. The summed E-state index contributed by atoms with van der Waals surface area (Å²) >= 11 is 5.30. The van der Waals surface area contributed by atoms with Gasteiger partial charge in [0.15, 0.2) is 5.82 Å². The molecule has 0 bridgehead atoms. The van der Waals surface area contributed by atoms with Crippen LogP contribution in [0.15, 0.2) is 77.9 Å². The zero-order valence-electron chi connectivity index (χ0n) is 15.8. The Kier molecular flexibility index (Phi) is 5.58. The number of fused-ring (bicyclic) bond motifs is 1. The van der Waals surface area contributed by atoms with Crippen molar-refractivity contribution in [2.45, 2.75) is 6.42 Å². The van der Waals surface area contributed by atoms with Gasteiger partial charge in [0, 0.05) is 18.7 Å². The van der Waals surface area contributed by atoms with Gasteiger partial charge >= 0.3 is 0 Å². The molecule has 0 amide bonds. The third-order valence-corrected chi connectivity index (χ3v) is 4.89. The summed E-state index contributed by atoms with van der Waals surface area (Å²) in [6.45, 7) is 0. The summed E-state index contributed by atoms with van der Waals surface area (Å²) in [5.74, 6) is 0.673. The molecule has 0 atom stereocenters. The van der Waals surface area contributed by atoms with E-state index in [0.717, 1.165) is 16.3 Å². The number of aromatic amines is 1. The molecule has 4 rings (SSSR count). The average Bonchev–Trinajstić information content (AvgIpc) is 3.11. The third-order valence-electron chi connectivity index (χ3n) is 4.62. The molecule has 7 nitrogen and oxygen atoms in total. The van der Waals surface area contributed by atoms with Crippen LogP contribution in [0, 0.1) is 14.9 Å². The Morgan fingerprint density at radius 3 is 2.73 bits per heavy atom. The number of nitro benzene ring substituents is 1. The van der Waals surface area contributed by atoms with E-state index < -0.39 is 4.92 Å². The Bertz CT molecular complexity index is 1330. The first-order chi connectivity index (χ1) is 14.6. The van der Waals surface area contributed by atoms with Crippen molar-refractivity contribution >= 4 is 41.0 Å². The summed E-state index contributed by atoms with van der Waals surface area (Å²) < 4.78 is 1.93. The molecule has 0 radical (unpaired) electrons. The van der Waals surface area contributed by atoms with Crippen molar-refractivity contribution in [1.29, 1.82) is 0 Å². The molecule has 1 heterocycles. The first-order valence-electron chi connectivity index (χ1n) is 9.21. The smallest absolute Gasteiger partial charge is 0.258 e. The van der Waals surface area contributed by atoms with Gasteiger partial charge in [-0.3, -0.25) is 15.2 Å². The molecule has 0 fully saturated rings. The van der Waals surface area contributed by atoms with Crippen LogP contribution in [-0.4, -0.2) is 26.0 Å². The Balaban J connectivity index is 1.59. The minimum Gasteiger partial charge on any atom is -0.258 e. The molecule has 30 heavy (non-hydrogen) atoms. The predicted molar refractivity (Wildman–Crippen MR) is 120 cm³/mol. The second-order valence-electron chi connectivity index (χ2n) is 6.51. The largest absolute Gasteiger partial charge is 0.276 e. The minimum atomic E-state index is -0.411. The molecule has 0 unspecified atom stereocenters. The molecule has 148 valence electrons. The van der Waals surface area contributed by atoms with Crippen molar-refractivity contribution in [1.82, 2.24) is 14.9 Å². The minimum absolute atomic E-state index is 0.0405. The predicted octanol–water partition coefficient (Wildman–Crippen LogP) is 5.14. The Morgan fingerprint density at radius 1 is 1.10 bits per heavy atom. The number of hydrogen-bond acceptors (Lipinski definition) is 5. The normalized spacial score (nSPS) is 11.6. The summed E-state index contributed by atoms with van der Waals surface area (Å²) in [4.78, 5) is 10.7. The molecule has 8 heteroatoms. The highest BCUT2D eigenvalue weighted by molar-refractivity contribution is 7.71. The molecule has 0 saturated carbocycles. The Morgan fingerprint density at radius 2 is 1.87 bits per heavy atom. The van der Waals surface area contributed by atoms with Gasteiger partial charge in [0.2, 0.25) is 4.77 Å². The maximum atomic E-state index is 11.1. The first-order valence-corrected chi connectivity index (χ1v) is 9.61. The molecule has 0 aliphatic rings. The topological polar surface area (TPSA) is 89.1 Å². The highest BCUT2D eigenvalue weighted by Gasteiger charge is 2.10. The van der Waals surface area contributed by atoms with E-state index >= 15 is 0 Å². The van der Waals surface area contributed by atoms with Crippen molar-refractivity contribution in [2.75, 3.05) is 0 Å². The number of allylic oxidation sites excluding steroid dienone is 1. The molecule has 0 aliphatic carbocycles. The van der Waals surface area contributed by atoms with Gasteiger partial charge in [-0.1, -0.05) is 54.6 Å². The number of hydrogen-bond donors (Lipinski definition) is 1. The number of nitrogens with one attached hydrogen (secondary N) is 1. The van der Waals surface area contributed by atoms with E-state index in [1.807, 2.05) is 18.2 Å². The number of para-hydroxylation sites is 1. The zero-order chi connectivity index (χ0) is 20.9. The maximum absolute atomic E-state index is 11.1. The molecule has 4 aromatic rings. The van der Waals surface area contributed by atoms with Crippen LogP contribution in [-0.2, 0) is 6.42 Å². The monoisotopic (exact) mass is 415 g/mol. The van der Waals surface area contributed by atoms with Gasteiger partial charge in [-0.05, 0) is 46.8 Å². The van der Waals surface area contributed by atoms with E-state index in [9.17, 15) is 10.1 Å². The average molecular weight is 415 g/mol. The van der Waals surface area contributed by atoms with Crippen LogP contribution in [0.3, 0.4) is 0 Å². The van der Waals surface area contributed by atoms with Gasteiger partial charge < -0.3 is 0 Å². The summed E-state index contributed by atoms with van der Waals surface area (Å²) in [6.07, 6.45) is 5.36. The summed E-state index contributed by atoms with van der Waals surface area (Å²) in [5, 5.41) is 24.9. The molecular weight excluding hydrogens is 398 g/mol. The zero-order valence-corrected chi connectivity index (χ0v) is 16.6. The number of aromatic nitrogens is 3. The van der Waals surface area contributed by atoms with E-state index in [2.05, 4.69) is 39.6 Å². The fraction of sp³-hybridized carbons (Fsp3) is 0.0455. The van der Waals surface area contributed by atoms with Crippen LogP contribution in [0.4, 0.5) is 5.69 Å². The fourth-order valence-corrected chi connectivity index (χ4v) is 3.42. The van der Waals surface area contributed by atoms with E-state index in [1.54, 1.807) is 35.0 Å². The van der Waals surface area contributed by atoms with Gasteiger partial charge in [-0.15, -0.1) is 0 Å². The lowest BCUT2D eigenvalue weighted by molar-refractivity contribution is -0.385. The number of rotatable bonds is 6. The molecule has 3 aromatic carbocycles. The molecular formula is C22H17N5O2S. The van der Waals surface area contributed by atoms with Crippen molar-refractivity contribution in [3.05, 3.63) is 105 Å². The number of benzene rings is 3. The van der Waals surface area contributed by atoms with Crippen molar-refractivity contribution in [3.63, 3.8) is 0 Å². The van der Waals surface area contributed by atoms with Crippen molar-refractivity contribution in [3.8, 4) is 0 Å². The second-order valence-corrected chi connectivity index (χ2v) is 6.90. The van der Waals surface area contributed by atoms with Gasteiger partial charge in [-0.2, -0.15) is 14.9 Å². The van der Waals surface area contributed by atoms with E-state index in [4.69, 9.17) is 12.2 Å². The van der Waals surface area contributed by atoms with Crippen LogP contribution in [0.2, 0.25) is 0 Å². The molecule has 0 aliphatic heterocycles. The lowest BCUT2D eigenvalue weighted by Gasteiger charge is -2.06. The van der Waals surface area contributed by atoms with Crippen LogP contribution in [0.25, 0.3) is 16.8 Å². The number of nitro groups is 1. The van der Waals surface area contributed by atoms with Crippen LogP contribution < -0.4 is 0 Å². The number of H-pyrrole nitrogens is 1. The van der Waals surface area contributed by atoms with Crippen molar-refractivity contribution < 1.29 is 4.92 Å². The Hall–Kier alpha value is -3.91.